The van der Waals surface area contributed by atoms with E-state index in [1.165, 1.54) is 13.2 Å². The molecule has 0 aliphatic carbocycles. The number of aliphatic imine (C=N–C) groups is 1. The minimum absolute atomic E-state index is 0.0327. The molecule has 2 aliphatic rings. The highest BCUT2D eigenvalue weighted by molar-refractivity contribution is 8.42. The fourth-order valence-corrected chi connectivity index (χ4v) is 4.74. The molecular formula is C21H17ClN4O5S2. The third-order valence-corrected chi connectivity index (χ3v) is 7.39. The van der Waals surface area contributed by atoms with Crippen molar-refractivity contribution in [3.8, 4) is 11.5 Å². The van der Waals surface area contributed by atoms with E-state index < -0.39 is 15.7 Å². The topological polar surface area (TPSA) is 121 Å². The average molecular weight is 505 g/mol. The van der Waals surface area contributed by atoms with Gasteiger partial charge in [-0.3, -0.25) is 10.2 Å². The maximum absolute atomic E-state index is 12.5. The van der Waals surface area contributed by atoms with E-state index in [1.807, 2.05) is 12.1 Å². The molecule has 0 saturated carbocycles. The summed E-state index contributed by atoms with van der Waals surface area (Å²) in [6.45, 7) is 0.307. The number of sulfone groups is 1. The minimum Gasteiger partial charge on any atom is -0.493 e. The number of ether oxygens (including phenoxy) is 2. The summed E-state index contributed by atoms with van der Waals surface area (Å²) in [6, 6.07) is 12.3. The van der Waals surface area contributed by atoms with Gasteiger partial charge in [0.05, 0.1) is 12.7 Å². The summed E-state index contributed by atoms with van der Waals surface area (Å²) in [5.41, 5.74) is 1.46. The smallest absolute Gasteiger partial charge is 0.283 e. The fraction of sp³-hybridized carbons (Fsp3) is 0.143. The molecule has 4 rings (SSSR count). The van der Waals surface area contributed by atoms with Gasteiger partial charge < -0.3 is 9.47 Å². The van der Waals surface area contributed by atoms with Crippen LogP contribution in [0.3, 0.4) is 0 Å². The highest BCUT2D eigenvalue weighted by Crippen LogP contribution is 2.32. The van der Waals surface area contributed by atoms with Crippen molar-refractivity contribution in [1.29, 1.82) is 5.41 Å². The molecule has 12 heteroatoms. The number of amides is 1. The zero-order valence-corrected chi connectivity index (χ0v) is 19.8. The Morgan fingerprint density at radius 2 is 1.91 bits per heavy atom. The Bertz CT molecular complexity index is 1350. The molecule has 0 bridgehead atoms. The predicted molar refractivity (Wildman–Crippen MR) is 129 cm³/mol. The van der Waals surface area contributed by atoms with Crippen LogP contribution in [0.1, 0.15) is 11.1 Å². The molecule has 2 aromatic carbocycles. The van der Waals surface area contributed by atoms with Gasteiger partial charge in [0.15, 0.2) is 17.3 Å². The highest BCUT2D eigenvalue weighted by Gasteiger charge is 2.38. The van der Waals surface area contributed by atoms with Crippen LogP contribution >= 0.6 is 23.4 Å². The molecule has 1 N–H and O–H groups in total. The van der Waals surface area contributed by atoms with E-state index in [0.29, 0.717) is 28.7 Å². The van der Waals surface area contributed by atoms with Gasteiger partial charge in [0, 0.05) is 11.3 Å². The van der Waals surface area contributed by atoms with E-state index in [2.05, 4.69) is 10.1 Å². The van der Waals surface area contributed by atoms with Crippen LogP contribution in [0.5, 0.6) is 11.5 Å². The monoisotopic (exact) mass is 504 g/mol. The molecule has 0 atom stereocenters. The predicted octanol–water partition coefficient (Wildman–Crippen LogP) is 3.55. The zero-order chi connectivity index (χ0) is 23.8. The first-order valence-corrected chi connectivity index (χ1v) is 12.5. The molecule has 0 aromatic heterocycles. The van der Waals surface area contributed by atoms with Crippen molar-refractivity contribution < 1.29 is 22.7 Å². The molecule has 2 aliphatic heterocycles. The van der Waals surface area contributed by atoms with Gasteiger partial charge in [0.2, 0.25) is 19.4 Å². The van der Waals surface area contributed by atoms with Crippen molar-refractivity contribution in [3.05, 3.63) is 64.2 Å². The van der Waals surface area contributed by atoms with E-state index in [4.69, 9.17) is 26.5 Å². The third-order valence-electron chi connectivity index (χ3n) is 4.56. The van der Waals surface area contributed by atoms with Crippen molar-refractivity contribution in [3.63, 3.8) is 0 Å². The summed E-state index contributed by atoms with van der Waals surface area (Å²) >= 11 is 6.63. The van der Waals surface area contributed by atoms with Gasteiger partial charge in [-0.05, 0) is 53.2 Å². The average Bonchev–Trinajstić information content (AvgIpc) is 3.21. The molecule has 0 radical (unpaired) electrons. The van der Waals surface area contributed by atoms with Crippen LogP contribution in [0.15, 0.2) is 58.1 Å². The van der Waals surface area contributed by atoms with Crippen LogP contribution in [0.25, 0.3) is 6.08 Å². The lowest BCUT2D eigenvalue weighted by molar-refractivity contribution is -0.114. The lowest BCUT2D eigenvalue weighted by atomic mass is 10.1. The lowest BCUT2D eigenvalue weighted by Crippen LogP contribution is -2.35. The number of benzene rings is 2. The molecule has 0 spiro atoms. The number of fused-ring (bicyclic) bond motifs is 1. The maximum atomic E-state index is 12.5. The SMILES string of the molecule is COc1cc(/C=C2/C(=N)N3N=C(S(C)(=O)=O)SC3=NC2=O)ccc1OCc1ccc(Cl)cc1. The van der Waals surface area contributed by atoms with Gasteiger partial charge in [-0.15, -0.1) is 5.10 Å². The summed E-state index contributed by atoms with van der Waals surface area (Å²) in [6.07, 6.45) is 2.47. The quantitative estimate of drug-likeness (QED) is 0.618. The zero-order valence-electron chi connectivity index (χ0n) is 17.4. The largest absolute Gasteiger partial charge is 0.493 e. The van der Waals surface area contributed by atoms with Crippen LogP contribution in [0.4, 0.5) is 0 Å². The standard InChI is InChI=1S/C21H17ClN4O5S2/c1-30-17-10-13(5-8-16(17)31-11-12-3-6-14(22)7-4-12)9-15-18(23)26-20(24-19(15)27)32-21(25-26)33(2,28)29/h3-10,23H,11H2,1-2H3/b15-9-,23-18?. The molecule has 33 heavy (non-hydrogen) atoms. The Morgan fingerprint density at radius 3 is 2.58 bits per heavy atom. The van der Waals surface area contributed by atoms with Crippen molar-refractivity contribution in [1.82, 2.24) is 5.01 Å². The number of halogens is 1. The van der Waals surface area contributed by atoms with Gasteiger partial charge in [-0.25, -0.2) is 8.42 Å². The van der Waals surface area contributed by atoms with Crippen LogP contribution in [-0.4, -0.2) is 48.1 Å². The number of rotatable bonds is 5. The first kappa shape index (κ1) is 23.0. The van der Waals surface area contributed by atoms with Gasteiger partial charge in [0.1, 0.15) is 6.61 Å². The Kier molecular flexibility index (Phi) is 6.28. The van der Waals surface area contributed by atoms with Crippen molar-refractivity contribution in [2.24, 2.45) is 10.1 Å². The van der Waals surface area contributed by atoms with Crippen LogP contribution in [-0.2, 0) is 21.2 Å². The van der Waals surface area contributed by atoms with Crippen LogP contribution in [0, 0.1) is 5.41 Å². The number of thioether (sulfide) groups is 1. The molecule has 0 fully saturated rings. The molecule has 0 unspecified atom stereocenters. The molecule has 0 saturated heterocycles. The van der Waals surface area contributed by atoms with Gasteiger partial charge in [-0.1, -0.05) is 29.8 Å². The summed E-state index contributed by atoms with van der Waals surface area (Å²) in [7, 11) is -2.10. The van der Waals surface area contributed by atoms with Crippen molar-refractivity contribution in [2.75, 3.05) is 13.4 Å². The Morgan fingerprint density at radius 1 is 1.18 bits per heavy atom. The van der Waals surface area contributed by atoms with Gasteiger partial charge in [0.25, 0.3) is 5.91 Å². The van der Waals surface area contributed by atoms with E-state index in [9.17, 15) is 13.2 Å². The number of hydrogen-bond acceptors (Lipinski definition) is 8. The molecule has 9 nitrogen and oxygen atoms in total. The van der Waals surface area contributed by atoms with Gasteiger partial charge >= 0.3 is 0 Å². The summed E-state index contributed by atoms with van der Waals surface area (Å²) < 4.78 is 34.6. The van der Waals surface area contributed by atoms with E-state index in [0.717, 1.165) is 28.6 Å². The number of carbonyl (C=O) groups is 1. The molecule has 2 aromatic rings. The first-order valence-electron chi connectivity index (χ1n) is 9.41. The second-order valence-corrected chi connectivity index (χ2v) is 10.6. The van der Waals surface area contributed by atoms with Crippen LogP contribution in [0.2, 0.25) is 5.02 Å². The Balaban J connectivity index is 1.57. The molecular weight excluding hydrogens is 488 g/mol. The minimum atomic E-state index is -3.59. The second kappa shape index (κ2) is 9.00. The second-order valence-electron chi connectivity index (χ2n) is 6.98. The first-order chi connectivity index (χ1) is 15.7. The van der Waals surface area contributed by atoms with E-state index in [-0.39, 0.29) is 21.0 Å². The van der Waals surface area contributed by atoms with Crippen LogP contribution < -0.4 is 9.47 Å². The van der Waals surface area contributed by atoms with E-state index in [1.54, 1.807) is 30.3 Å². The highest BCUT2D eigenvalue weighted by atomic mass is 35.5. The maximum Gasteiger partial charge on any atom is 0.283 e. The fourth-order valence-electron chi connectivity index (χ4n) is 2.93. The summed E-state index contributed by atoms with van der Waals surface area (Å²) in [5.74, 6) is 0.00797. The normalized spacial score (nSPS) is 17.1. The lowest BCUT2D eigenvalue weighted by Gasteiger charge is -2.20. The number of hydrogen-bond donors (Lipinski definition) is 1. The number of carbonyl (C=O) groups excluding carboxylic acids is 1. The molecule has 1 amide bonds. The summed E-state index contributed by atoms with van der Waals surface area (Å²) in [4.78, 5) is 16.4. The number of methoxy groups -OCH3 is 1. The number of amidine groups is 2. The number of hydrazone groups is 1. The molecule has 170 valence electrons. The summed E-state index contributed by atoms with van der Waals surface area (Å²) in [5, 5.41) is 14.0. The van der Waals surface area contributed by atoms with Gasteiger partial charge in [-0.2, -0.15) is 10.0 Å². The van der Waals surface area contributed by atoms with Crippen molar-refractivity contribution >= 4 is 60.6 Å². The third kappa shape index (κ3) is 4.95. The Hall–Kier alpha value is -3.15. The molecule has 2 heterocycles. The Labute approximate surface area is 199 Å². The number of nitrogens with zero attached hydrogens (tertiary/aromatic N) is 3. The van der Waals surface area contributed by atoms with Crippen molar-refractivity contribution in [2.45, 2.75) is 6.61 Å². The number of nitrogens with one attached hydrogen (secondary N) is 1. The van der Waals surface area contributed by atoms with E-state index >= 15 is 0 Å².